The third-order valence-electron chi connectivity index (χ3n) is 1.39. The summed E-state index contributed by atoms with van der Waals surface area (Å²) in [5.41, 5.74) is 0. The van der Waals surface area contributed by atoms with E-state index in [9.17, 15) is 4.79 Å². The number of rotatable bonds is 1. The van der Waals surface area contributed by atoms with Gasteiger partial charge in [0.2, 0.25) is 0 Å². The standard InChI is InChI=1S/C5H9NO3.C3H8/c1-6-3-9-2-4(6)5(7)8;1-3-2/h4H,2-3H2,1H3,(H,7,8);3H2,1-2H3. The van der Waals surface area contributed by atoms with Crippen molar-refractivity contribution in [2.24, 2.45) is 0 Å². The van der Waals surface area contributed by atoms with Crippen molar-refractivity contribution < 1.29 is 14.6 Å². The van der Waals surface area contributed by atoms with Gasteiger partial charge in [0, 0.05) is 0 Å². The van der Waals surface area contributed by atoms with Gasteiger partial charge in [-0.05, 0) is 7.05 Å². The number of carboxylic acid groups (broad SMARTS) is 1. The van der Waals surface area contributed by atoms with E-state index in [-0.39, 0.29) is 0 Å². The molecule has 1 unspecified atom stereocenters. The fourth-order valence-corrected chi connectivity index (χ4v) is 0.785. The fourth-order valence-electron chi connectivity index (χ4n) is 0.785. The van der Waals surface area contributed by atoms with E-state index in [0.29, 0.717) is 13.3 Å². The van der Waals surface area contributed by atoms with E-state index in [1.54, 1.807) is 11.9 Å². The van der Waals surface area contributed by atoms with E-state index in [1.807, 2.05) is 0 Å². The average molecular weight is 175 g/mol. The quantitative estimate of drug-likeness (QED) is 0.639. The highest BCUT2D eigenvalue weighted by atomic mass is 16.5. The molecule has 0 aromatic heterocycles. The van der Waals surface area contributed by atoms with Gasteiger partial charge in [-0.3, -0.25) is 9.69 Å². The lowest BCUT2D eigenvalue weighted by Gasteiger charge is -2.10. The van der Waals surface area contributed by atoms with Crippen LogP contribution in [0.5, 0.6) is 0 Å². The molecule has 1 atom stereocenters. The molecule has 0 aromatic rings. The molecule has 0 aliphatic carbocycles. The Kier molecular flexibility index (Phi) is 5.66. The van der Waals surface area contributed by atoms with E-state index in [2.05, 4.69) is 13.8 Å². The number of ether oxygens (including phenoxy) is 1. The van der Waals surface area contributed by atoms with E-state index < -0.39 is 12.0 Å². The minimum Gasteiger partial charge on any atom is -0.480 e. The third-order valence-corrected chi connectivity index (χ3v) is 1.39. The van der Waals surface area contributed by atoms with Crippen molar-refractivity contribution in [2.45, 2.75) is 26.3 Å². The van der Waals surface area contributed by atoms with Gasteiger partial charge in [-0.2, -0.15) is 0 Å². The van der Waals surface area contributed by atoms with Gasteiger partial charge in [-0.25, -0.2) is 0 Å². The number of nitrogens with zero attached hydrogens (tertiary/aromatic N) is 1. The summed E-state index contributed by atoms with van der Waals surface area (Å²) in [6.07, 6.45) is 1.25. The van der Waals surface area contributed by atoms with Crippen LogP contribution in [0.4, 0.5) is 0 Å². The zero-order chi connectivity index (χ0) is 9.56. The molecule has 0 spiro atoms. The highest BCUT2D eigenvalue weighted by Gasteiger charge is 2.27. The van der Waals surface area contributed by atoms with Crippen LogP contribution in [0.1, 0.15) is 20.3 Å². The summed E-state index contributed by atoms with van der Waals surface area (Å²) in [5, 5.41) is 8.46. The largest absolute Gasteiger partial charge is 0.480 e. The predicted octanol–water partition coefficient (Wildman–Crippen LogP) is 0.775. The molecule has 1 aliphatic heterocycles. The molecule has 1 heterocycles. The maximum Gasteiger partial charge on any atom is 0.323 e. The molecule has 4 heteroatoms. The van der Waals surface area contributed by atoms with Gasteiger partial charge in [-0.1, -0.05) is 20.3 Å². The maximum absolute atomic E-state index is 10.3. The predicted molar refractivity (Wildman–Crippen MR) is 46.0 cm³/mol. The monoisotopic (exact) mass is 175 g/mol. The van der Waals surface area contributed by atoms with Gasteiger partial charge in [0.05, 0.1) is 13.3 Å². The number of hydrogen-bond donors (Lipinski definition) is 1. The second kappa shape index (κ2) is 5.97. The van der Waals surface area contributed by atoms with E-state index in [0.717, 1.165) is 0 Å². The number of carboxylic acids is 1. The van der Waals surface area contributed by atoms with Crippen molar-refractivity contribution in [1.29, 1.82) is 0 Å². The van der Waals surface area contributed by atoms with Crippen molar-refractivity contribution in [3.8, 4) is 0 Å². The number of likely N-dealkylation sites (N-methyl/N-ethyl adjacent to an activating group) is 1. The molecule has 12 heavy (non-hydrogen) atoms. The van der Waals surface area contributed by atoms with Crippen LogP contribution in [-0.2, 0) is 9.53 Å². The molecule has 0 saturated carbocycles. The zero-order valence-corrected chi connectivity index (χ0v) is 7.91. The van der Waals surface area contributed by atoms with Crippen molar-refractivity contribution in [1.82, 2.24) is 4.90 Å². The lowest BCUT2D eigenvalue weighted by molar-refractivity contribution is -0.141. The Balaban J connectivity index is 0.000000354. The summed E-state index contributed by atoms with van der Waals surface area (Å²) in [5.74, 6) is -0.810. The fraction of sp³-hybridized carbons (Fsp3) is 0.875. The van der Waals surface area contributed by atoms with Gasteiger partial charge in [0.1, 0.15) is 6.04 Å². The first-order valence-electron chi connectivity index (χ1n) is 4.14. The minimum atomic E-state index is -0.810. The molecule has 1 fully saturated rings. The Labute approximate surface area is 73.1 Å². The molecule has 1 aliphatic rings. The average Bonchev–Trinajstić information content (AvgIpc) is 2.36. The Bertz CT molecular complexity index is 138. The molecular formula is C8H17NO3. The van der Waals surface area contributed by atoms with Crippen molar-refractivity contribution >= 4 is 5.97 Å². The highest BCUT2D eigenvalue weighted by Crippen LogP contribution is 2.05. The first-order valence-corrected chi connectivity index (χ1v) is 4.14. The number of hydrogen-bond acceptors (Lipinski definition) is 3. The van der Waals surface area contributed by atoms with Gasteiger partial charge in [0.15, 0.2) is 0 Å². The van der Waals surface area contributed by atoms with Gasteiger partial charge in [-0.15, -0.1) is 0 Å². The Morgan fingerprint density at radius 2 is 2.17 bits per heavy atom. The summed E-state index contributed by atoms with van der Waals surface area (Å²) >= 11 is 0. The van der Waals surface area contributed by atoms with Crippen LogP contribution in [0.25, 0.3) is 0 Å². The molecule has 0 aromatic carbocycles. The highest BCUT2D eigenvalue weighted by molar-refractivity contribution is 5.73. The molecule has 0 amide bonds. The molecule has 1 rings (SSSR count). The van der Waals surface area contributed by atoms with Crippen LogP contribution in [-0.4, -0.2) is 42.4 Å². The van der Waals surface area contributed by atoms with Gasteiger partial charge >= 0.3 is 5.97 Å². The smallest absolute Gasteiger partial charge is 0.323 e. The van der Waals surface area contributed by atoms with Crippen LogP contribution in [0, 0.1) is 0 Å². The summed E-state index contributed by atoms with van der Waals surface area (Å²) < 4.78 is 4.88. The SMILES string of the molecule is CCC.CN1COCC1C(=O)O. The van der Waals surface area contributed by atoms with E-state index >= 15 is 0 Å². The lowest BCUT2D eigenvalue weighted by atomic mass is 10.3. The molecular weight excluding hydrogens is 158 g/mol. The first kappa shape index (κ1) is 11.4. The van der Waals surface area contributed by atoms with Crippen LogP contribution in [0.2, 0.25) is 0 Å². The van der Waals surface area contributed by atoms with Crippen molar-refractivity contribution in [3.63, 3.8) is 0 Å². The van der Waals surface area contributed by atoms with Crippen LogP contribution >= 0.6 is 0 Å². The summed E-state index contributed by atoms with van der Waals surface area (Å²) in [7, 11) is 1.73. The molecule has 1 saturated heterocycles. The Morgan fingerprint density at radius 1 is 1.67 bits per heavy atom. The van der Waals surface area contributed by atoms with E-state index in [4.69, 9.17) is 9.84 Å². The summed E-state index contributed by atoms with van der Waals surface area (Å²) in [4.78, 5) is 11.9. The number of carbonyl (C=O) groups is 1. The van der Waals surface area contributed by atoms with Gasteiger partial charge < -0.3 is 9.84 Å². The maximum atomic E-state index is 10.3. The molecule has 0 radical (unpaired) electrons. The topological polar surface area (TPSA) is 49.8 Å². The second-order valence-electron chi connectivity index (χ2n) is 2.82. The molecule has 0 bridgehead atoms. The number of aliphatic carboxylic acids is 1. The van der Waals surface area contributed by atoms with Crippen LogP contribution in [0.15, 0.2) is 0 Å². The lowest BCUT2D eigenvalue weighted by Crippen LogP contribution is -2.34. The molecule has 4 nitrogen and oxygen atoms in total. The molecule has 72 valence electrons. The van der Waals surface area contributed by atoms with Crippen LogP contribution < -0.4 is 0 Å². The Morgan fingerprint density at radius 3 is 2.33 bits per heavy atom. The third kappa shape index (κ3) is 3.69. The van der Waals surface area contributed by atoms with Crippen molar-refractivity contribution in [3.05, 3.63) is 0 Å². The normalized spacial score (nSPS) is 23.1. The minimum absolute atomic E-state index is 0.311. The summed E-state index contributed by atoms with van der Waals surface area (Å²) in [6, 6.07) is -0.440. The second-order valence-corrected chi connectivity index (χ2v) is 2.82. The molecule has 1 N–H and O–H groups in total. The summed E-state index contributed by atoms with van der Waals surface area (Å²) in [6.45, 7) is 4.99. The Hall–Kier alpha value is -0.610. The van der Waals surface area contributed by atoms with Crippen molar-refractivity contribution in [2.75, 3.05) is 20.4 Å². The van der Waals surface area contributed by atoms with E-state index in [1.165, 1.54) is 6.42 Å². The first-order chi connectivity index (χ1) is 5.63. The van der Waals surface area contributed by atoms with Gasteiger partial charge in [0.25, 0.3) is 0 Å². The van der Waals surface area contributed by atoms with Crippen LogP contribution in [0.3, 0.4) is 0 Å². The zero-order valence-electron chi connectivity index (χ0n) is 7.91.